The fourth-order valence-electron chi connectivity index (χ4n) is 4.29. The first kappa shape index (κ1) is 30.5. The lowest BCUT2D eigenvalue weighted by molar-refractivity contribution is -0.203. The topological polar surface area (TPSA) is 123 Å². The lowest BCUT2D eigenvalue weighted by atomic mass is 9.80. The van der Waals surface area contributed by atoms with Gasteiger partial charge >= 0.3 is 0 Å². The Bertz CT molecular complexity index is 882. The minimum atomic E-state index is -0.770. The lowest BCUT2D eigenvalue weighted by Gasteiger charge is -2.32. The van der Waals surface area contributed by atoms with Crippen molar-refractivity contribution in [1.82, 2.24) is 15.9 Å². The van der Waals surface area contributed by atoms with Gasteiger partial charge in [-0.15, -0.1) is 0 Å². The van der Waals surface area contributed by atoms with Crippen LogP contribution in [0.1, 0.15) is 65.9 Å². The van der Waals surface area contributed by atoms with Crippen LogP contribution in [0.15, 0.2) is 36.4 Å². The molecule has 1 aliphatic rings. The molecular weight excluding hydrogens is 472 g/mol. The Morgan fingerprint density at radius 1 is 1.11 bits per heavy atom. The molecule has 0 radical (unpaired) electrons. The van der Waals surface area contributed by atoms with E-state index in [0.717, 1.165) is 18.4 Å². The Hall–Kier alpha value is -2.75. The van der Waals surface area contributed by atoms with Crippen LogP contribution in [0.25, 0.3) is 6.08 Å². The van der Waals surface area contributed by atoms with E-state index in [4.69, 9.17) is 15.3 Å². The number of hydrazine groups is 1. The molecular formula is C28H44N4O5. The number of hydrogen-bond donors (Lipinski definition) is 3. The van der Waals surface area contributed by atoms with Crippen molar-refractivity contribution in [1.29, 1.82) is 0 Å². The monoisotopic (exact) mass is 516 g/mol. The molecule has 1 heterocycles. The Balaban J connectivity index is 2.25. The van der Waals surface area contributed by atoms with Crippen LogP contribution in [0.4, 0.5) is 0 Å². The van der Waals surface area contributed by atoms with Crippen molar-refractivity contribution in [2.24, 2.45) is 29.4 Å². The number of carbonyl (C=O) groups excluding carboxylic acids is 3. The number of nitrogens with zero attached hydrogens (tertiary/aromatic N) is 1. The molecule has 2 rings (SSSR count). The summed E-state index contributed by atoms with van der Waals surface area (Å²) in [6, 6.07) is 8.96. The van der Waals surface area contributed by atoms with Gasteiger partial charge in [-0.05, 0) is 43.6 Å². The van der Waals surface area contributed by atoms with Crippen molar-refractivity contribution in [3.05, 3.63) is 42.0 Å². The summed E-state index contributed by atoms with van der Waals surface area (Å²) in [5.41, 5.74) is 12.1. The number of hydroxylamine groups is 1. The van der Waals surface area contributed by atoms with Gasteiger partial charge in [0.1, 0.15) is 0 Å². The van der Waals surface area contributed by atoms with Gasteiger partial charge in [0, 0.05) is 19.6 Å². The molecule has 9 heteroatoms. The number of benzene rings is 1. The van der Waals surface area contributed by atoms with Crippen LogP contribution in [0.5, 0.6) is 0 Å². The minimum absolute atomic E-state index is 0.109. The molecule has 4 atom stereocenters. The number of allylic oxidation sites excluding steroid dienone is 1. The van der Waals surface area contributed by atoms with E-state index in [9.17, 15) is 14.4 Å². The van der Waals surface area contributed by atoms with Gasteiger partial charge in [0.15, 0.2) is 6.29 Å². The number of amides is 3. The van der Waals surface area contributed by atoms with E-state index in [1.807, 2.05) is 70.2 Å². The summed E-state index contributed by atoms with van der Waals surface area (Å²) in [4.78, 5) is 45.2. The van der Waals surface area contributed by atoms with E-state index in [1.165, 1.54) is 5.01 Å². The Kier molecular flexibility index (Phi) is 12.8. The third-order valence-electron chi connectivity index (χ3n) is 6.17. The van der Waals surface area contributed by atoms with Gasteiger partial charge in [0.25, 0.3) is 5.91 Å². The first-order chi connectivity index (χ1) is 17.6. The minimum Gasteiger partial charge on any atom is -0.350 e. The highest BCUT2D eigenvalue weighted by Gasteiger charge is 2.37. The second-order valence-electron chi connectivity index (χ2n) is 10.4. The van der Waals surface area contributed by atoms with Gasteiger partial charge in [0.2, 0.25) is 11.8 Å². The van der Waals surface area contributed by atoms with Crippen LogP contribution in [0.3, 0.4) is 0 Å². The third kappa shape index (κ3) is 10.3. The van der Waals surface area contributed by atoms with Gasteiger partial charge in [-0.3, -0.25) is 24.8 Å². The van der Waals surface area contributed by atoms with E-state index in [-0.39, 0.29) is 17.7 Å². The van der Waals surface area contributed by atoms with E-state index < -0.39 is 36.0 Å². The Morgan fingerprint density at radius 2 is 1.81 bits per heavy atom. The lowest BCUT2D eigenvalue weighted by Crippen LogP contribution is -2.56. The van der Waals surface area contributed by atoms with E-state index in [0.29, 0.717) is 26.0 Å². The molecule has 206 valence electrons. The second-order valence-corrected chi connectivity index (χ2v) is 10.4. The molecule has 1 saturated heterocycles. The highest BCUT2D eigenvalue weighted by atomic mass is 16.8. The fraction of sp³-hybridized carbons (Fsp3) is 0.607. The van der Waals surface area contributed by atoms with Crippen molar-refractivity contribution in [2.75, 3.05) is 13.2 Å². The van der Waals surface area contributed by atoms with E-state index >= 15 is 0 Å². The average Bonchev–Trinajstić information content (AvgIpc) is 2.86. The number of rotatable bonds is 12. The quantitative estimate of drug-likeness (QED) is 0.366. The molecule has 1 aromatic carbocycles. The smallest absolute Gasteiger partial charge is 0.257 e. The molecule has 0 aliphatic carbocycles. The Labute approximate surface area is 221 Å². The van der Waals surface area contributed by atoms with Gasteiger partial charge in [-0.2, -0.15) is 0 Å². The molecule has 0 spiro atoms. The number of nitrogens with one attached hydrogen (secondary N) is 2. The van der Waals surface area contributed by atoms with Gasteiger partial charge in [0.05, 0.1) is 17.9 Å². The van der Waals surface area contributed by atoms with Crippen molar-refractivity contribution in [3.63, 3.8) is 0 Å². The first-order valence-electron chi connectivity index (χ1n) is 13.3. The fourth-order valence-corrected chi connectivity index (χ4v) is 4.29. The normalized spacial score (nSPS) is 18.4. The number of carbonyl (C=O) groups is 3. The Morgan fingerprint density at radius 3 is 2.38 bits per heavy atom. The van der Waals surface area contributed by atoms with Crippen LogP contribution in [-0.2, 0) is 24.0 Å². The standard InChI is InChI=1S/C28H44N4O5/c1-19(2)18-32(28(35)21(5)29)30-27(34)25(20(3)4)23(15-11-14-22-12-7-6-8-13-22)26(33)31-37-24-16-9-10-17-36-24/h6-8,11-14,19-21,23-25H,9-10,15-18,29H2,1-5H3,(H,30,34)(H,31,33)/t21-,23+,24?,25-/m1/s1. The molecule has 0 aromatic heterocycles. The molecule has 3 amide bonds. The zero-order valence-electron chi connectivity index (χ0n) is 22.8. The number of nitrogens with two attached hydrogens (primary N) is 1. The SMILES string of the molecule is CC(C)CN(NC(=O)[C@H](C(C)C)[C@H](CC=Cc1ccccc1)C(=O)NOC1CCCCO1)C(=O)[C@@H](C)N. The zero-order valence-corrected chi connectivity index (χ0v) is 22.8. The van der Waals surface area contributed by atoms with E-state index in [2.05, 4.69) is 10.9 Å². The molecule has 0 saturated carbocycles. The summed E-state index contributed by atoms with van der Waals surface area (Å²) in [5.74, 6) is -2.76. The maximum absolute atomic E-state index is 13.6. The van der Waals surface area contributed by atoms with Crippen LogP contribution in [0, 0.1) is 23.7 Å². The third-order valence-corrected chi connectivity index (χ3v) is 6.17. The largest absolute Gasteiger partial charge is 0.350 e. The van der Waals surface area contributed by atoms with Gasteiger partial charge < -0.3 is 10.5 Å². The van der Waals surface area contributed by atoms with Crippen LogP contribution in [0.2, 0.25) is 0 Å². The van der Waals surface area contributed by atoms with Crippen LogP contribution in [-0.4, -0.2) is 48.2 Å². The van der Waals surface area contributed by atoms with Crippen molar-refractivity contribution < 1.29 is 24.0 Å². The molecule has 4 N–H and O–H groups in total. The number of hydrogen-bond acceptors (Lipinski definition) is 6. The van der Waals surface area contributed by atoms with Gasteiger partial charge in [-0.1, -0.05) is 70.2 Å². The highest BCUT2D eigenvalue weighted by molar-refractivity contribution is 5.90. The maximum Gasteiger partial charge on any atom is 0.257 e. The van der Waals surface area contributed by atoms with E-state index in [1.54, 1.807) is 6.92 Å². The maximum atomic E-state index is 13.6. The molecule has 9 nitrogen and oxygen atoms in total. The summed E-state index contributed by atoms with van der Waals surface area (Å²) >= 11 is 0. The molecule has 1 fully saturated rings. The average molecular weight is 517 g/mol. The highest BCUT2D eigenvalue weighted by Crippen LogP contribution is 2.26. The first-order valence-corrected chi connectivity index (χ1v) is 13.3. The predicted octanol–water partition coefficient (Wildman–Crippen LogP) is 3.42. The van der Waals surface area contributed by atoms with Crippen LogP contribution < -0.4 is 16.6 Å². The zero-order chi connectivity index (χ0) is 27.4. The summed E-state index contributed by atoms with van der Waals surface area (Å²) < 4.78 is 5.55. The second kappa shape index (κ2) is 15.5. The molecule has 0 bridgehead atoms. The summed E-state index contributed by atoms with van der Waals surface area (Å²) in [6.45, 7) is 10.1. The molecule has 1 unspecified atom stereocenters. The summed E-state index contributed by atoms with van der Waals surface area (Å²) in [7, 11) is 0. The summed E-state index contributed by atoms with van der Waals surface area (Å²) in [6.07, 6.45) is 6.22. The van der Waals surface area contributed by atoms with Crippen molar-refractivity contribution in [2.45, 2.75) is 72.6 Å². The van der Waals surface area contributed by atoms with Gasteiger partial charge in [-0.25, -0.2) is 10.3 Å². The molecule has 1 aliphatic heterocycles. The predicted molar refractivity (Wildman–Crippen MR) is 143 cm³/mol. The molecule has 37 heavy (non-hydrogen) atoms. The summed E-state index contributed by atoms with van der Waals surface area (Å²) in [5, 5.41) is 1.27. The van der Waals surface area contributed by atoms with Crippen molar-refractivity contribution >= 4 is 23.8 Å². The number of ether oxygens (including phenoxy) is 1. The molecule has 1 aromatic rings. The van der Waals surface area contributed by atoms with Crippen molar-refractivity contribution in [3.8, 4) is 0 Å². The van der Waals surface area contributed by atoms with Crippen LogP contribution >= 0.6 is 0 Å².